The summed E-state index contributed by atoms with van der Waals surface area (Å²) in [4.78, 5) is 138. The van der Waals surface area contributed by atoms with Crippen LogP contribution in [0, 0.1) is 0 Å². The number of phosphoric acid groups is 6. The van der Waals surface area contributed by atoms with Crippen molar-refractivity contribution in [2.75, 3.05) is 0 Å². The van der Waals surface area contributed by atoms with Crippen molar-refractivity contribution >= 4 is 64.3 Å². The first-order valence-corrected chi connectivity index (χ1v) is 13.8. The van der Waals surface area contributed by atoms with Crippen LogP contribution in [0.15, 0.2) is 0 Å². The molecule has 0 fully saturated rings. The fraction of sp³-hybridized carbons (Fsp3) is 0. The maximum Gasteiger partial charge on any atom is 3.00 e. The summed E-state index contributed by atoms with van der Waals surface area (Å²) < 4.78 is 52.6. The summed E-state index contributed by atoms with van der Waals surface area (Å²) in [5.74, 6) is 0. The molecule has 195 valence electrons. The number of hydrogen-bond donors (Lipinski definition) is 12. The molecule has 0 aromatic heterocycles. The van der Waals surface area contributed by atoms with Crippen molar-refractivity contribution in [1.29, 1.82) is 0 Å². The van der Waals surface area contributed by atoms with Gasteiger partial charge in [-0.3, -0.25) is 27.4 Å². The molecule has 0 aliphatic carbocycles. The molecule has 0 aliphatic heterocycles. The Morgan fingerprint density at radius 2 is 0.312 bits per heavy atom. The van der Waals surface area contributed by atoms with Gasteiger partial charge in [-0.2, -0.15) is 0 Å². The normalized spacial score (nSPS) is 11.1. The molecule has 0 aliphatic rings. The van der Waals surface area contributed by atoms with E-state index in [2.05, 4.69) is 0 Å². The van der Waals surface area contributed by atoms with Crippen molar-refractivity contribution in [3.63, 3.8) is 0 Å². The Kier molecular flexibility index (Phi) is 39.5. The van der Waals surface area contributed by atoms with Gasteiger partial charge in [-0.05, 0) is 0 Å². The van der Waals surface area contributed by atoms with Gasteiger partial charge in [-0.25, -0.2) is 0 Å². The van der Waals surface area contributed by atoms with E-state index in [1.54, 1.807) is 0 Å². The van der Waals surface area contributed by atoms with Crippen molar-refractivity contribution in [3.8, 4) is 0 Å². The Hall–Kier alpha value is 1.72. The van der Waals surface area contributed by atoms with Gasteiger partial charge >= 0.3 is 34.7 Å². The number of rotatable bonds is 0. The molecule has 0 spiro atoms. The van der Waals surface area contributed by atoms with Crippen LogP contribution in [0.3, 0.4) is 0 Å². The summed E-state index contributed by atoms with van der Waals surface area (Å²) in [7, 11) is -29.3. The molecular weight excluding hydrogens is 649 g/mol. The monoisotopic (exact) mass is 661 g/mol. The first kappa shape index (κ1) is 54.6. The fourth-order valence-electron chi connectivity index (χ4n) is 0. The molecule has 0 rings (SSSR count). The van der Waals surface area contributed by atoms with Crippen molar-refractivity contribution in [3.05, 3.63) is 0 Å². The maximum absolute atomic E-state index is 8.77. The SMILES string of the molecule is O=P([O-])(O)O.O=P([O-])(O)O.O=P([O-])(O)O.O=P([O-])(O)O.O=P([O-])(O)O.O=P([O-])(O)O.[Al+3].[Cr+3]. The summed E-state index contributed by atoms with van der Waals surface area (Å²) in [6.45, 7) is 0. The van der Waals surface area contributed by atoms with E-state index in [4.69, 9.17) is 115 Å². The van der Waals surface area contributed by atoms with Gasteiger partial charge in [-0.1, -0.05) is 0 Å². The quantitative estimate of drug-likeness (QED) is 0.0847. The van der Waals surface area contributed by atoms with E-state index in [9.17, 15) is 0 Å². The minimum absolute atomic E-state index is 0. The standard InChI is InChI=1S/Al.Cr.6H3O4P/c;;6*1-5(2,3)4/h;;6*(H3,1,2,3,4)/q2*+3;;;;;;/p-6. The van der Waals surface area contributed by atoms with Crippen molar-refractivity contribution in [2.24, 2.45) is 0 Å². The molecule has 1 radical (unpaired) electrons. The van der Waals surface area contributed by atoms with Crippen LogP contribution in [0.2, 0.25) is 0 Å². The van der Waals surface area contributed by atoms with Gasteiger partial charge in [0.2, 0.25) is 0 Å². The van der Waals surface area contributed by atoms with E-state index in [0.29, 0.717) is 0 Å². The molecule has 0 aromatic carbocycles. The Morgan fingerprint density at radius 1 is 0.312 bits per heavy atom. The molecule has 32 heavy (non-hydrogen) atoms. The molecule has 0 bridgehead atoms. The molecule has 24 nitrogen and oxygen atoms in total. The van der Waals surface area contributed by atoms with Crippen molar-refractivity contribution in [1.82, 2.24) is 0 Å². The van der Waals surface area contributed by atoms with Crippen LogP contribution in [-0.4, -0.2) is 76.1 Å². The molecular formula is H12AlCrO24P6. The second-order valence-corrected chi connectivity index (χ2v) is 8.83. The Bertz CT molecular complexity index is 467. The Labute approximate surface area is 197 Å². The van der Waals surface area contributed by atoms with Gasteiger partial charge < -0.3 is 88.1 Å². The van der Waals surface area contributed by atoms with Crippen LogP contribution in [0.5, 0.6) is 0 Å². The van der Waals surface area contributed by atoms with Crippen LogP contribution >= 0.6 is 46.9 Å². The van der Waals surface area contributed by atoms with Crippen LogP contribution in [0.4, 0.5) is 0 Å². The maximum atomic E-state index is 8.77. The van der Waals surface area contributed by atoms with Gasteiger partial charge in [0.15, 0.2) is 0 Å². The first-order valence-electron chi connectivity index (χ1n) is 4.59. The average Bonchev–Trinajstić information content (AvgIpc) is 1.94. The molecule has 0 saturated heterocycles. The first-order chi connectivity index (χ1) is 12.0. The van der Waals surface area contributed by atoms with E-state index in [0.717, 1.165) is 0 Å². The Morgan fingerprint density at radius 3 is 0.312 bits per heavy atom. The summed E-state index contributed by atoms with van der Waals surface area (Å²) in [5.41, 5.74) is 0. The van der Waals surface area contributed by atoms with Gasteiger partial charge in [0.25, 0.3) is 46.9 Å². The van der Waals surface area contributed by atoms with E-state index >= 15 is 0 Å². The fourth-order valence-corrected chi connectivity index (χ4v) is 0. The van der Waals surface area contributed by atoms with E-state index in [1.165, 1.54) is 0 Å². The molecule has 0 aromatic rings. The second-order valence-electron chi connectivity index (χ2n) is 2.94. The third-order valence-electron chi connectivity index (χ3n) is 0. The minimum Gasteiger partial charge on any atom is -0.756 e. The number of hydrogen-bond acceptors (Lipinski definition) is 12. The average molecular weight is 661 g/mol. The second kappa shape index (κ2) is 23.1. The Balaban J connectivity index is -0.0000000356. The summed E-state index contributed by atoms with van der Waals surface area (Å²) in [6, 6.07) is 0. The molecule has 0 amide bonds. The topological polar surface area (TPSA) is 484 Å². The van der Waals surface area contributed by atoms with Gasteiger partial charge in [-0.15, -0.1) is 0 Å². The molecule has 12 N–H and O–H groups in total. The zero-order valence-corrected chi connectivity index (χ0v) is 21.7. The van der Waals surface area contributed by atoms with E-state index < -0.39 is 46.9 Å². The van der Waals surface area contributed by atoms with Gasteiger partial charge in [0.1, 0.15) is 0 Å². The summed E-state index contributed by atoms with van der Waals surface area (Å²) in [6.07, 6.45) is 0. The smallest absolute Gasteiger partial charge is 0.756 e. The molecule has 0 unspecified atom stereocenters. The largest absolute Gasteiger partial charge is 3.00 e. The van der Waals surface area contributed by atoms with Crippen LogP contribution in [0.25, 0.3) is 0 Å². The zero-order valence-electron chi connectivity index (χ0n) is 13.9. The van der Waals surface area contributed by atoms with Gasteiger partial charge in [0.05, 0.1) is 0 Å². The molecule has 0 heterocycles. The van der Waals surface area contributed by atoms with Gasteiger partial charge in [0, 0.05) is 0 Å². The third-order valence-corrected chi connectivity index (χ3v) is 0. The molecule has 0 atom stereocenters. The summed E-state index contributed by atoms with van der Waals surface area (Å²) >= 11 is 0. The van der Waals surface area contributed by atoms with E-state index in [1.807, 2.05) is 0 Å². The van der Waals surface area contributed by atoms with E-state index in [-0.39, 0.29) is 34.7 Å². The predicted molar refractivity (Wildman–Crippen MR) is 78.0 cm³/mol. The van der Waals surface area contributed by atoms with Crippen LogP contribution in [-0.2, 0) is 44.8 Å². The minimum atomic E-state index is -4.89. The molecule has 32 heteroatoms. The predicted octanol–water partition coefficient (Wildman–Crippen LogP) is -9.75. The zero-order chi connectivity index (χ0) is 27.0. The third kappa shape index (κ3) is 10100. The van der Waals surface area contributed by atoms with Crippen LogP contribution in [0.1, 0.15) is 0 Å². The summed E-state index contributed by atoms with van der Waals surface area (Å²) in [5, 5.41) is 0. The van der Waals surface area contributed by atoms with Crippen LogP contribution < -0.4 is 29.4 Å². The van der Waals surface area contributed by atoms with Crippen molar-refractivity contribution in [2.45, 2.75) is 0 Å². The van der Waals surface area contributed by atoms with Crippen molar-refractivity contribution < 1.29 is 133 Å². The molecule has 0 saturated carbocycles.